The minimum atomic E-state index is -2.27. The van der Waals surface area contributed by atoms with Crippen molar-refractivity contribution < 1.29 is 13.2 Å². The zero-order chi connectivity index (χ0) is 9.35. The lowest BCUT2D eigenvalue weighted by Gasteiger charge is -2.29. The maximum absolute atomic E-state index is 13.5. The molecule has 12 heavy (non-hydrogen) atoms. The summed E-state index contributed by atoms with van der Waals surface area (Å²) in [6, 6.07) is 0. The first kappa shape index (κ1) is 9.84. The number of hydrogen-bond acceptors (Lipinski definition) is 0. The van der Waals surface area contributed by atoms with E-state index in [0.29, 0.717) is 0 Å². The van der Waals surface area contributed by atoms with E-state index in [9.17, 15) is 13.2 Å². The fourth-order valence-electron chi connectivity index (χ4n) is 1.00. The Bertz CT molecular complexity index is 234. The predicted octanol–water partition coefficient (Wildman–Crippen LogP) is 3.24. The van der Waals surface area contributed by atoms with Crippen molar-refractivity contribution in [1.82, 2.24) is 0 Å². The van der Waals surface area contributed by atoms with E-state index < -0.39 is 22.5 Å². The highest BCUT2D eigenvalue weighted by Crippen LogP contribution is 2.36. The van der Waals surface area contributed by atoms with Gasteiger partial charge in [-0.2, -0.15) is 0 Å². The van der Waals surface area contributed by atoms with Crippen LogP contribution < -0.4 is 0 Å². The molecule has 1 rings (SSSR count). The van der Waals surface area contributed by atoms with Crippen molar-refractivity contribution >= 4 is 15.9 Å². The lowest BCUT2D eigenvalue weighted by molar-refractivity contribution is 0.103. The van der Waals surface area contributed by atoms with Crippen LogP contribution in [0, 0.1) is 0 Å². The molecule has 0 saturated carbocycles. The van der Waals surface area contributed by atoms with Gasteiger partial charge in [0.2, 0.25) is 0 Å². The number of halogens is 4. The van der Waals surface area contributed by atoms with E-state index in [1.165, 1.54) is 13.0 Å². The summed E-state index contributed by atoms with van der Waals surface area (Å²) >= 11 is 2.90. The minimum absolute atomic E-state index is 0.754. The molecule has 0 saturated heterocycles. The summed E-state index contributed by atoms with van der Waals surface area (Å²) in [5.41, 5.74) is -2.27. The molecule has 3 atom stereocenters. The molecule has 0 heterocycles. The zero-order valence-corrected chi connectivity index (χ0v) is 7.98. The molecule has 1 aliphatic rings. The van der Waals surface area contributed by atoms with Gasteiger partial charge in [0.15, 0.2) is 11.8 Å². The van der Waals surface area contributed by atoms with Gasteiger partial charge in [-0.15, -0.1) is 0 Å². The van der Waals surface area contributed by atoms with Gasteiger partial charge >= 0.3 is 0 Å². The monoisotopic (exact) mass is 240 g/mol. The highest BCUT2D eigenvalue weighted by atomic mass is 79.9. The average molecular weight is 241 g/mol. The second kappa shape index (κ2) is 3.24. The SMILES string of the molecule is CC(Br)C1(F)C=CC=C(F)C1F. The molecule has 1 aliphatic carbocycles. The fourth-order valence-corrected chi connectivity index (χ4v) is 1.39. The van der Waals surface area contributed by atoms with Crippen LogP contribution in [0.5, 0.6) is 0 Å². The maximum Gasteiger partial charge on any atom is 0.190 e. The van der Waals surface area contributed by atoms with E-state index in [2.05, 4.69) is 15.9 Å². The van der Waals surface area contributed by atoms with Crippen LogP contribution in [0.3, 0.4) is 0 Å². The van der Waals surface area contributed by atoms with E-state index in [1.54, 1.807) is 0 Å². The molecule has 0 aliphatic heterocycles. The second-order valence-corrected chi connectivity index (χ2v) is 4.09. The molecule has 0 spiro atoms. The van der Waals surface area contributed by atoms with Crippen LogP contribution in [0.25, 0.3) is 0 Å². The van der Waals surface area contributed by atoms with E-state index in [1.807, 2.05) is 0 Å². The Morgan fingerprint density at radius 1 is 1.67 bits per heavy atom. The van der Waals surface area contributed by atoms with E-state index in [0.717, 1.165) is 12.2 Å². The van der Waals surface area contributed by atoms with E-state index in [-0.39, 0.29) is 0 Å². The third kappa shape index (κ3) is 1.44. The standard InChI is InChI=1S/C8H8BrF3/c1-5(9)8(12)4-2-3-6(10)7(8)11/h2-5,7H,1H3. The average Bonchev–Trinajstić information content (AvgIpc) is 2.00. The van der Waals surface area contributed by atoms with E-state index in [4.69, 9.17) is 0 Å². The summed E-state index contributed by atoms with van der Waals surface area (Å²) in [6.07, 6.45) is 0.943. The van der Waals surface area contributed by atoms with Crippen LogP contribution in [0.2, 0.25) is 0 Å². The van der Waals surface area contributed by atoms with Gasteiger partial charge in [-0.05, 0) is 19.1 Å². The first-order valence-corrected chi connectivity index (χ1v) is 4.42. The van der Waals surface area contributed by atoms with Crippen LogP contribution in [-0.2, 0) is 0 Å². The fraction of sp³-hybridized carbons (Fsp3) is 0.500. The molecule has 3 unspecified atom stereocenters. The summed E-state index contributed by atoms with van der Waals surface area (Å²) in [4.78, 5) is -0.754. The Labute approximate surface area is 77.3 Å². The molecule has 0 fully saturated rings. The first-order valence-electron chi connectivity index (χ1n) is 3.50. The third-order valence-corrected chi connectivity index (χ3v) is 2.55. The van der Waals surface area contributed by atoms with Gasteiger partial charge in [0.1, 0.15) is 5.83 Å². The number of alkyl halides is 3. The molecule has 0 aromatic carbocycles. The first-order chi connectivity index (χ1) is 5.48. The summed E-state index contributed by atoms with van der Waals surface area (Å²) < 4.78 is 39.1. The summed E-state index contributed by atoms with van der Waals surface area (Å²) in [5.74, 6) is -1.06. The van der Waals surface area contributed by atoms with Gasteiger partial charge < -0.3 is 0 Å². The van der Waals surface area contributed by atoms with Crippen LogP contribution >= 0.6 is 15.9 Å². The molecule has 0 amide bonds. The Morgan fingerprint density at radius 2 is 2.25 bits per heavy atom. The largest absolute Gasteiger partial charge is 0.236 e. The van der Waals surface area contributed by atoms with Gasteiger partial charge in [-0.25, -0.2) is 13.2 Å². The summed E-state index contributed by atoms with van der Waals surface area (Å²) in [5, 5.41) is 0. The Kier molecular flexibility index (Phi) is 2.66. The van der Waals surface area contributed by atoms with Crippen molar-refractivity contribution in [2.75, 3.05) is 0 Å². The molecule has 0 aromatic heterocycles. The molecule has 0 nitrogen and oxygen atoms in total. The van der Waals surface area contributed by atoms with Crippen molar-refractivity contribution in [3.8, 4) is 0 Å². The topological polar surface area (TPSA) is 0 Å². The third-order valence-electron chi connectivity index (χ3n) is 1.85. The van der Waals surface area contributed by atoms with Crippen LogP contribution in [0.15, 0.2) is 24.1 Å². The quantitative estimate of drug-likeness (QED) is 0.618. The highest BCUT2D eigenvalue weighted by molar-refractivity contribution is 9.09. The lowest BCUT2D eigenvalue weighted by Crippen LogP contribution is -2.41. The Morgan fingerprint density at radius 3 is 2.67 bits per heavy atom. The van der Waals surface area contributed by atoms with Crippen molar-refractivity contribution in [3.05, 3.63) is 24.1 Å². The van der Waals surface area contributed by atoms with E-state index >= 15 is 0 Å². The predicted molar refractivity (Wildman–Crippen MR) is 45.5 cm³/mol. The normalized spacial score (nSPS) is 37.8. The van der Waals surface area contributed by atoms with Gasteiger partial charge in [-0.1, -0.05) is 22.0 Å². The highest BCUT2D eigenvalue weighted by Gasteiger charge is 2.45. The smallest absolute Gasteiger partial charge is 0.190 e. The molecule has 68 valence electrons. The maximum atomic E-state index is 13.5. The zero-order valence-electron chi connectivity index (χ0n) is 6.40. The number of hydrogen-bond donors (Lipinski definition) is 0. The van der Waals surface area contributed by atoms with Crippen molar-refractivity contribution in [3.63, 3.8) is 0 Å². The molecule has 0 aromatic rings. The molecule has 0 radical (unpaired) electrons. The van der Waals surface area contributed by atoms with Crippen LogP contribution in [0.1, 0.15) is 6.92 Å². The Hall–Kier alpha value is -0.250. The Balaban J connectivity index is 2.95. The molecule has 0 bridgehead atoms. The number of allylic oxidation sites excluding steroid dienone is 4. The molecular weight excluding hydrogens is 233 g/mol. The van der Waals surface area contributed by atoms with Gasteiger partial charge in [-0.3, -0.25) is 0 Å². The summed E-state index contributed by atoms with van der Waals surface area (Å²) in [7, 11) is 0. The van der Waals surface area contributed by atoms with Crippen molar-refractivity contribution in [2.45, 2.75) is 23.6 Å². The number of rotatable bonds is 1. The molecule has 4 heteroatoms. The van der Waals surface area contributed by atoms with Crippen molar-refractivity contribution in [2.24, 2.45) is 0 Å². The second-order valence-electron chi connectivity index (χ2n) is 2.72. The van der Waals surface area contributed by atoms with Crippen LogP contribution in [0.4, 0.5) is 13.2 Å². The van der Waals surface area contributed by atoms with Crippen LogP contribution in [-0.4, -0.2) is 16.7 Å². The van der Waals surface area contributed by atoms with Gasteiger partial charge in [0.05, 0.1) is 4.83 Å². The molecule has 0 N–H and O–H groups in total. The molecular formula is C8H8BrF3. The van der Waals surface area contributed by atoms with Crippen molar-refractivity contribution in [1.29, 1.82) is 0 Å². The minimum Gasteiger partial charge on any atom is -0.236 e. The summed E-state index contributed by atoms with van der Waals surface area (Å²) in [6.45, 7) is 1.44. The van der Waals surface area contributed by atoms with Gasteiger partial charge in [0, 0.05) is 0 Å². The van der Waals surface area contributed by atoms with Gasteiger partial charge in [0.25, 0.3) is 0 Å². The lowest BCUT2D eigenvalue weighted by atomic mass is 9.92.